The zero-order valence-electron chi connectivity index (χ0n) is 48.1. The van der Waals surface area contributed by atoms with Gasteiger partial charge in [-0.05, 0) is 93.8 Å². The van der Waals surface area contributed by atoms with Crippen LogP contribution in [0.2, 0.25) is 0 Å². The Morgan fingerprint density at radius 1 is 0.590 bits per heavy atom. The van der Waals surface area contributed by atoms with E-state index < -0.39 is 0 Å². The van der Waals surface area contributed by atoms with Gasteiger partial charge in [-0.2, -0.15) is 19.9 Å². The number of hydrogen-bond donors (Lipinski definition) is 0. The molecule has 4 atom stereocenters. The van der Waals surface area contributed by atoms with Gasteiger partial charge in [-0.15, -0.1) is 0 Å². The van der Waals surface area contributed by atoms with Gasteiger partial charge in [-0.25, -0.2) is 13.1 Å². The number of ether oxygens (including phenoxy) is 2. The lowest BCUT2D eigenvalue weighted by Gasteiger charge is -2.41. The number of benzene rings is 4. The van der Waals surface area contributed by atoms with Gasteiger partial charge in [0.2, 0.25) is 24.9 Å². The van der Waals surface area contributed by atoms with Gasteiger partial charge in [0, 0.05) is 104 Å². The van der Waals surface area contributed by atoms with Crippen molar-refractivity contribution >= 4 is 56.4 Å². The van der Waals surface area contributed by atoms with Crippen molar-refractivity contribution in [3.8, 4) is 12.0 Å². The lowest BCUT2D eigenvalue weighted by Crippen LogP contribution is -2.56. The highest BCUT2D eigenvalue weighted by Crippen LogP contribution is 2.37. The molecule has 8 heterocycles. The number of likely N-dealkylation sites (tertiary alicyclic amines) is 2. The first-order valence-corrected chi connectivity index (χ1v) is 29.6. The topological polar surface area (TPSA) is 139 Å². The van der Waals surface area contributed by atoms with E-state index in [1.807, 2.05) is 0 Å². The number of likely N-dealkylation sites (N-methyl/N-ethyl adjacent to an activating group) is 1. The lowest BCUT2D eigenvalue weighted by molar-refractivity contribution is -0.129. The van der Waals surface area contributed by atoms with Crippen molar-refractivity contribution < 1.29 is 19.1 Å². The molecule has 0 aliphatic carbocycles. The Kier molecular flexibility index (Phi) is 17.6. The molecule has 6 aliphatic heterocycles. The second-order valence-corrected chi connectivity index (χ2v) is 22.7. The van der Waals surface area contributed by atoms with E-state index in [-0.39, 0.29) is 37.0 Å². The van der Waals surface area contributed by atoms with Crippen LogP contribution < -0.4 is 29.1 Å². The third kappa shape index (κ3) is 12.4. The summed E-state index contributed by atoms with van der Waals surface area (Å²) in [6.45, 7) is 36.8. The maximum absolute atomic E-state index is 12.5. The molecule has 0 radical (unpaired) electrons. The van der Waals surface area contributed by atoms with Gasteiger partial charge >= 0.3 is 12.0 Å². The van der Waals surface area contributed by atoms with Gasteiger partial charge in [-0.1, -0.05) is 92.9 Å². The van der Waals surface area contributed by atoms with Gasteiger partial charge in [0.15, 0.2) is 0 Å². The molecule has 2 amide bonds. The summed E-state index contributed by atoms with van der Waals surface area (Å²) in [5.74, 6) is 1.98. The standard InChI is InChI=1S/C33H39N7O2.C32H37N7O2/c1-4-31(41)40-19-18-39(21-26(40)20-34-3)32-28-15-17-38(30-14-8-11-24-10-6-7-13-27(24)30)22-29(28)35-33(36-32)42-23-25-12-9-16-37(25)5-2;1-4-30(40)39-17-16-38(20-25(39)18-33-2)31-27-13-15-37(29-11-7-9-24-8-5-6-10-26(24)29)21-28(27)34-32(35-31)41-22-23-12-14-36(3)19-23/h4,6-8,10-11,13-14,25-26H,1,5,9,12,15-23H2,2H3;4-11,23,25H,1,12-22H2,3H3/t25-,26-;23-,25?/m00/s1. The number of anilines is 4. The van der Waals surface area contributed by atoms with Gasteiger partial charge < -0.3 is 53.5 Å². The van der Waals surface area contributed by atoms with E-state index in [9.17, 15) is 9.59 Å². The van der Waals surface area contributed by atoms with Crippen LogP contribution in [0.3, 0.4) is 0 Å². The Morgan fingerprint density at radius 3 is 1.58 bits per heavy atom. The van der Waals surface area contributed by atoms with E-state index >= 15 is 0 Å². The van der Waals surface area contributed by atoms with Gasteiger partial charge in [-0.3, -0.25) is 14.5 Å². The number of amides is 2. The summed E-state index contributed by atoms with van der Waals surface area (Å²) >= 11 is 0. The van der Waals surface area contributed by atoms with Crippen LogP contribution in [0.4, 0.5) is 23.0 Å². The molecular weight excluding hydrogens is 1040 g/mol. The minimum atomic E-state index is -0.218. The Hall–Kier alpha value is -8.32. The second-order valence-electron chi connectivity index (χ2n) is 22.7. The fourth-order valence-electron chi connectivity index (χ4n) is 13.3. The minimum Gasteiger partial charge on any atom is -0.463 e. The minimum absolute atomic E-state index is 0.125. The van der Waals surface area contributed by atoms with Crippen molar-refractivity contribution in [1.29, 1.82) is 0 Å². The fraction of sp³-hybridized carbons (Fsp3) is 0.446. The predicted molar refractivity (Wildman–Crippen MR) is 327 cm³/mol. The Bertz CT molecular complexity index is 3420. The van der Waals surface area contributed by atoms with E-state index in [0.717, 1.165) is 99.1 Å². The second kappa shape index (κ2) is 25.9. The molecule has 18 heteroatoms. The van der Waals surface area contributed by atoms with Crippen LogP contribution in [0, 0.1) is 19.1 Å². The molecule has 4 aromatic carbocycles. The Balaban J connectivity index is 0.000000174. The van der Waals surface area contributed by atoms with Crippen LogP contribution in [-0.4, -0.2) is 181 Å². The number of rotatable bonds is 15. The Morgan fingerprint density at radius 2 is 1.10 bits per heavy atom. The van der Waals surface area contributed by atoms with Crippen molar-refractivity contribution in [3.63, 3.8) is 0 Å². The molecule has 0 spiro atoms. The SMILES string of the molecule is [C-]#[N+]CC1CN(c2nc(OC[C@H]3CCN(C)C3)nc3c2CCN(c2cccc4ccccc24)C3)CCN1C(=O)C=C.[C-]#[N+]C[C@H]1CN(c2nc(OC[C@@H]3CCCN3CC)nc3c2CCN(c2cccc4ccccc24)C3)CCN1C(=O)C=C. The molecule has 83 heavy (non-hydrogen) atoms. The molecule has 0 N–H and O–H groups in total. The molecule has 430 valence electrons. The summed E-state index contributed by atoms with van der Waals surface area (Å²) in [5, 5.41) is 4.92. The molecule has 18 nitrogen and oxygen atoms in total. The number of nitrogens with zero attached hydrogens (tertiary/aromatic N) is 14. The summed E-state index contributed by atoms with van der Waals surface area (Å²) < 4.78 is 12.6. The van der Waals surface area contributed by atoms with Crippen LogP contribution >= 0.6 is 0 Å². The molecule has 2 aromatic heterocycles. The molecule has 0 bridgehead atoms. The van der Waals surface area contributed by atoms with Crippen molar-refractivity contribution in [2.45, 2.75) is 70.2 Å². The average Bonchev–Trinajstić information content (AvgIpc) is 4.22. The van der Waals surface area contributed by atoms with E-state index in [0.29, 0.717) is 89.6 Å². The number of piperazine rings is 2. The molecule has 4 fully saturated rings. The number of hydrogen-bond acceptors (Lipinski definition) is 14. The number of fused-ring (bicyclic) bond motifs is 4. The zero-order valence-corrected chi connectivity index (χ0v) is 48.1. The first kappa shape index (κ1) is 56.5. The highest BCUT2D eigenvalue weighted by atomic mass is 16.5. The van der Waals surface area contributed by atoms with E-state index in [4.69, 9.17) is 42.6 Å². The van der Waals surface area contributed by atoms with Crippen LogP contribution in [0.15, 0.2) is 110 Å². The predicted octanol–water partition coefficient (Wildman–Crippen LogP) is 7.82. The highest BCUT2D eigenvalue weighted by Gasteiger charge is 2.37. The van der Waals surface area contributed by atoms with Gasteiger partial charge in [0.25, 0.3) is 0 Å². The molecule has 0 saturated carbocycles. The largest absolute Gasteiger partial charge is 0.463 e. The highest BCUT2D eigenvalue weighted by molar-refractivity contribution is 5.95. The van der Waals surface area contributed by atoms with Gasteiger partial charge in [0.05, 0.1) is 31.1 Å². The molecular formula is C65H76N14O4. The average molecular weight is 1120 g/mol. The third-order valence-electron chi connectivity index (χ3n) is 17.6. The first-order valence-electron chi connectivity index (χ1n) is 29.6. The maximum Gasteiger partial charge on any atom is 0.318 e. The van der Waals surface area contributed by atoms with Gasteiger partial charge in [0.1, 0.15) is 30.3 Å². The summed E-state index contributed by atoms with van der Waals surface area (Å²) in [6, 6.07) is 30.7. The van der Waals surface area contributed by atoms with Crippen molar-refractivity contribution in [2.75, 3.05) is 131 Å². The summed E-state index contributed by atoms with van der Waals surface area (Å²) in [4.78, 5) is 69.9. The third-order valence-corrected chi connectivity index (χ3v) is 17.6. The lowest BCUT2D eigenvalue weighted by atomic mass is 10.0. The van der Waals surface area contributed by atoms with Crippen LogP contribution in [0.25, 0.3) is 31.2 Å². The molecule has 12 rings (SSSR count). The molecule has 4 saturated heterocycles. The summed E-state index contributed by atoms with van der Waals surface area (Å²) in [7, 11) is 2.14. The van der Waals surface area contributed by atoms with E-state index in [2.05, 4.69) is 151 Å². The fourth-order valence-corrected chi connectivity index (χ4v) is 13.3. The quantitative estimate of drug-likeness (QED) is 0.0730. The number of carbonyl (C=O) groups is 2. The molecule has 6 aliphatic rings. The summed E-state index contributed by atoms with van der Waals surface area (Å²) in [6.07, 6.45) is 7.72. The van der Waals surface area contributed by atoms with Crippen molar-refractivity contribution in [3.05, 3.63) is 156 Å². The van der Waals surface area contributed by atoms with Crippen molar-refractivity contribution in [2.24, 2.45) is 5.92 Å². The van der Waals surface area contributed by atoms with E-state index in [1.54, 1.807) is 9.80 Å². The normalized spacial score (nSPS) is 20.9. The monoisotopic (exact) mass is 1120 g/mol. The Labute approximate surface area is 488 Å². The maximum atomic E-state index is 12.5. The summed E-state index contributed by atoms with van der Waals surface area (Å²) in [5.41, 5.74) is 6.66. The number of carbonyl (C=O) groups excluding carboxylic acids is 2. The molecule has 1 unspecified atom stereocenters. The van der Waals surface area contributed by atoms with E-state index in [1.165, 1.54) is 51.5 Å². The van der Waals surface area contributed by atoms with Crippen molar-refractivity contribution in [1.82, 2.24) is 39.5 Å². The number of aromatic nitrogens is 4. The van der Waals surface area contributed by atoms with Crippen LogP contribution in [0.5, 0.6) is 12.0 Å². The zero-order chi connectivity index (χ0) is 57.4. The smallest absolute Gasteiger partial charge is 0.318 e. The molecule has 6 aromatic rings. The first-order chi connectivity index (χ1) is 40.6. The van der Waals surface area contributed by atoms with Crippen LogP contribution in [-0.2, 0) is 35.5 Å². The van der Waals surface area contributed by atoms with Crippen LogP contribution in [0.1, 0.15) is 48.7 Å².